The maximum absolute atomic E-state index is 12.2. The van der Waals surface area contributed by atoms with E-state index in [1.165, 1.54) is 6.26 Å². The van der Waals surface area contributed by atoms with Gasteiger partial charge in [-0.3, -0.25) is 4.79 Å². The highest BCUT2D eigenvalue weighted by Crippen LogP contribution is 2.20. The van der Waals surface area contributed by atoms with E-state index >= 15 is 0 Å². The fraction of sp³-hybridized carbons (Fsp3) is 0.188. The number of halogens is 1. The van der Waals surface area contributed by atoms with Crippen LogP contribution in [0, 0.1) is 6.92 Å². The molecule has 0 aliphatic heterocycles. The Balaban J connectivity index is 2.13. The Morgan fingerprint density at radius 2 is 1.77 bits per heavy atom. The first-order chi connectivity index (χ1) is 10.2. The highest BCUT2D eigenvalue weighted by Gasteiger charge is 2.09. The van der Waals surface area contributed by atoms with Gasteiger partial charge in [0.2, 0.25) is 0 Å². The van der Waals surface area contributed by atoms with Crippen molar-refractivity contribution in [1.29, 1.82) is 0 Å². The average Bonchev–Trinajstić information content (AvgIpc) is 2.41. The number of aryl methyl sites for hydroxylation is 1. The Labute approximate surface area is 135 Å². The lowest BCUT2D eigenvalue weighted by Crippen LogP contribution is -2.13. The van der Waals surface area contributed by atoms with Crippen LogP contribution in [-0.2, 0) is 15.6 Å². The summed E-state index contributed by atoms with van der Waals surface area (Å²) in [5.74, 6) is -0.290. The van der Waals surface area contributed by atoms with Crippen molar-refractivity contribution in [3.63, 3.8) is 0 Å². The third kappa shape index (κ3) is 4.58. The van der Waals surface area contributed by atoms with E-state index in [1.54, 1.807) is 42.5 Å². The summed E-state index contributed by atoms with van der Waals surface area (Å²) in [5, 5.41) is 3.42. The molecule has 6 heteroatoms. The van der Waals surface area contributed by atoms with E-state index in [0.29, 0.717) is 21.8 Å². The molecular formula is C16H16ClNO3S. The largest absolute Gasteiger partial charge is 0.322 e. The standard InChI is InChI=1S/C16H16ClNO3S/c1-11-9-14(17)7-8-15(11)18-16(19)13-5-3-12(4-6-13)10-22(2,20)21/h3-9H,10H2,1-2H3,(H,18,19). The molecule has 0 heterocycles. The lowest BCUT2D eigenvalue weighted by Gasteiger charge is -2.09. The lowest BCUT2D eigenvalue weighted by atomic mass is 10.1. The SMILES string of the molecule is Cc1cc(Cl)ccc1NC(=O)c1ccc(CS(C)(=O)=O)cc1. The van der Waals surface area contributed by atoms with Crippen molar-refractivity contribution in [2.45, 2.75) is 12.7 Å². The number of anilines is 1. The number of amides is 1. The van der Waals surface area contributed by atoms with Crippen molar-refractivity contribution in [1.82, 2.24) is 0 Å². The van der Waals surface area contributed by atoms with Crippen molar-refractivity contribution in [2.24, 2.45) is 0 Å². The monoisotopic (exact) mass is 337 g/mol. The van der Waals surface area contributed by atoms with Gasteiger partial charge in [-0.1, -0.05) is 23.7 Å². The van der Waals surface area contributed by atoms with Gasteiger partial charge in [-0.25, -0.2) is 8.42 Å². The van der Waals surface area contributed by atoms with Crippen molar-refractivity contribution >= 4 is 33.0 Å². The van der Waals surface area contributed by atoms with Gasteiger partial charge in [0, 0.05) is 22.5 Å². The number of carbonyl (C=O) groups excluding carboxylic acids is 1. The van der Waals surface area contributed by atoms with E-state index in [4.69, 9.17) is 11.6 Å². The van der Waals surface area contributed by atoms with Crippen LogP contribution in [0.3, 0.4) is 0 Å². The van der Waals surface area contributed by atoms with Crippen LogP contribution in [0.4, 0.5) is 5.69 Å². The molecule has 2 aromatic carbocycles. The summed E-state index contributed by atoms with van der Waals surface area (Å²) in [6, 6.07) is 11.7. The molecule has 0 aliphatic rings. The van der Waals surface area contributed by atoms with Gasteiger partial charge in [0.05, 0.1) is 5.75 Å². The summed E-state index contributed by atoms with van der Waals surface area (Å²) in [7, 11) is -3.08. The number of carbonyl (C=O) groups is 1. The number of hydrogen-bond donors (Lipinski definition) is 1. The van der Waals surface area contributed by atoms with Gasteiger partial charge in [0.25, 0.3) is 5.91 Å². The molecule has 2 rings (SSSR count). The molecule has 0 bridgehead atoms. The highest BCUT2D eigenvalue weighted by atomic mass is 35.5. The number of nitrogens with one attached hydrogen (secondary N) is 1. The fourth-order valence-electron chi connectivity index (χ4n) is 2.02. The molecule has 0 atom stereocenters. The Morgan fingerprint density at radius 3 is 2.32 bits per heavy atom. The van der Waals surface area contributed by atoms with Crippen LogP contribution in [-0.4, -0.2) is 20.6 Å². The second kappa shape index (κ2) is 6.50. The minimum absolute atomic E-state index is 0.0365. The second-order valence-corrected chi connectivity index (χ2v) is 7.76. The molecule has 1 N–H and O–H groups in total. The van der Waals surface area contributed by atoms with Gasteiger partial charge in [-0.05, 0) is 48.4 Å². The Hall–Kier alpha value is -1.85. The van der Waals surface area contributed by atoms with E-state index in [1.807, 2.05) is 6.92 Å². The third-order valence-corrected chi connectivity index (χ3v) is 4.17. The van der Waals surface area contributed by atoms with Crippen LogP contribution < -0.4 is 5.32 Å². The zero-order valence-electron chi connectivity index (χ0n) is 12.3. The van der Waals surface area contributed by atoms with Crippen LogP contribution in [0.5, 0.6) is 0 Å². The lowest BCUT2D eigenvalue weighted by molar-refractivity contribution is 0.102. The van der Waals surface area contributed by atoms with Crippen LogP contribution in [0.1, 0.15) is 21.5 Å². The number of benzene rings is 2. The van der Waals surface area contributed by atoms with E-state index in [0.717, 1.165) is 5.56 Å². The molecule has 1 amide bonds. The van der Waals surface area contributed by atoms with Gasteiger partial charge >= 0.3 is 0 Å². The fourth-order valence-corrected chi connectivity index (χ4v) is 3.04. The molecule has 0 unspecified atom stereocenters. The van der Waals surface area contributed by atoms with Crippen molar-refractivity contribution in [2.75, 3.05) is 11.6 Å². The van der Waals surface area contributed by atoms with Crippen LogP contribution in [0.2, 0.25) is 5.02 Å². The number of rotatable bonds is 4. The zero-order chi connectivity index (χ0) is 16.3. The van der Waals surface area contributed by atoms with Crippen molar-refractivity contribution in [3.8, 4) is 0 Å². The Morgan fingerprint density at radius 1 is 1.14 bits per heavy atom. The summed E-state index contributed by atoms with van der Waals surface area (Å²) in [6.45, 7) is 1.86. The second-order valence-electron chi connectivity index (χ2n) is 5.18. The quantitative estimate of drug-likeness (QED) is 0.929. The average molecular weight is 338 g/mol. The highest BCUT2D eigenvalue weighted by molar-refractivity contribution is 7.89. The Bertz CT molecular complexity index is 799. The van der Waals surface area contributed by atoms with Gasteiger partial charge in [0.1, 0.15) is 0 Å². The normalized spacial score (nSPS) is 11.2. The first-order valence-electron chi connectivity index (χ1n) is 6.59. The van der Waals surface area contributed by atoms with E-state index in [-0.39, 0.29) is 11.7 Å². The summed E-state index contributed by atoms with van der Waals surface area (Å²) >= 11 is 5.88. The summed E-state index contributed by atoms with van der Waals surface area (Å²) < 4.78 is 22.5. The van der Waals surface area contributed by atoms with Gasteiger partial charge in [0.15, 0.2) is 9.84 Å². The third-order valence-electron chi connectivity index (χ3n) is 3.08. The molecule has 2 aromatic rings. The molecule has 0 aromatic heterocycles. The van der Waals surface area contributed by atoms with Gasteiger partial charge in [-0.2, -0.15) is 0 Å². The first-order valence-corrected chi connectivity index (χ1v) is 9.02. The molecule has 0 spiro atoms. The van der Waals surface area contributed by atoms with Crippen molar-refractivity contribution < 1.29 is 13.2 Å². The molecule has 0 aliphatic carbocycles. The molecule has 22 heavy (non-hydrogen) atoms. The maximum atomic E-state index is 12.2. The van der Waals surface area contributed by atoms with Crippen LogP contribution >= 0.6 is 11.6 Å². The summed E-state index contributed by atoms with van der Waals surface area (Å²) in [4.78, 5) is 12.2. The van der Waals surface area contributed by atoms with Gasteiger partial charge in [-0.15, -0.1) is 0 Å². The van der Waals surface area contributed by atoms with Crippen molar-refractivity contribution in [3.05, 3.63) is 64.2 Å². The van der Waals surface area contributed by atoms with Crippen LogP contribution in [0.25, 0.3) is 0 Å². The van der Waals surface area contributed by atoms with Gasteiger partial charge < -0.3 is 5.32 Å². The summed E-state index contributed by atoms with van der Waals surface area (Å²) in [6.07, 6.45) is 1.18. The smallest absolute Gasteiger partial charge is 0.255 e. The molecular weight excluding hydrogens is 322 g/mol. The van der Waals surface area contributed by atoms with Crippen LogP contribution in [0.15, 0.2) is 42.5 Å². The summed E-state index contributed by atoms with van der Waals surface area (Å²) in [5.41, 5.74) is 2.68. The number of sulfone groups is 1. The van der Waals surface area contributed by atoms with E-state index in [9.17, 15) is 13.2 Å². The molecule has 0 radical (unpaired) electrons. The number of hydrogen-bond acceptors (Lipinski definition) is 3. The minimum atomic E-state index is -3.08. The first kappa shape index (κ1) is 16.5. The molecule has 0 fully saturated rings. The maximum Gasteiger partial charge on any atom is 0.255 e. The predicted molar refractivity (Wildman–Crippen MR) is 89.1 cm³/mol. The van der Waals surface area contributed by atoms with E-state index < -0.39 is 9.84 Å². The minimum Gasteiger partial charge on any atom is -0.322 e. The Kier molecular flexibility index (Phi) is 4.88. The topological polar surface area (TPSA) is 63.2 Å². The molecule has 0 saturated carbocycles. The predicted octanol–water partition coefficient (Wildman–Crippen LogP) is 3.45. The zero-order valence-corrected chi connectivity index (χ0v) is 13.8. The van der Waals surface area contributed by atoms with E-state index in [2.05, 4.69) is 5.32 Å². The molecule has 4 nitrogen and oxygen atoms in total. The molecule has 116 valence electrons. The molecule has 0 saturated heterocycles.